The number of rotatable bonds is 7. The fourth-order valence-corrected chi connectivity index (χ4v) is 3.72. The highest BCUT2D eigenvalue weighted by atomic mass is 16.5. The number of ether oxygens (including phenoxy) is 4. The van der Waals surface area contributed by atoms with Gasteiger partial charge in [0.2, 0.25) is 0 Å². The molecule has 0 saturated carbocycles. The van der Waals surface area contributed by atoms with Crippen LogP contribution < -0.4 is 29.2 Å². The molecule has 0 aromatic heterocycles. The lowest BCUT2D eigenvalue weighted by molar-refractivity contribution is 0.361. The predicted molar refractivity (Wildman–Crippen MR) is 123 cm³/mol. The van der Waals surface area contributed by atoms with Crippen LogP contribution in [-0.4, -0.2) is 72.5 Å². The number of nitrogens with one attached hydrogen (secondary N) is 1. The molecule has 1 aliphatic rings. The molecule has 3 rings (SSSR count). The van der Waals surface area contributed by atoms with E-state index in [2.05, 4.69) is 32.2 Å². The Bertz CT molecular complexity index is 853. The molecule has 0 unspecified atom stereocenters. The fourth-order valence-electron chi connectivity index (χ4n) is 3.72. The number of methoxy groups -OCH3 is 4. The third-order valence-electron chi connectivity index (χ3n) is 5.47. The second-order valence-corrected chi connectivity index (χ2v) is 7.08. The number of benzene rings is 2. The summed E-state index contributed by atoms with van der Waals surface area (Å²) in [5.74, 6) is 3.84. The smallest absolute Gasteiger partial charge is 0.194 e. The van der Waals surface area contributed by atoms with Crippen LogP contribution in [0.5, 0.6) is 23.0 Å². The fraction of sp³-hybridized carbons (Fsp3) is 0.435. The normalized spacial score (nSPS) is 14.3. The Morgan fingerprint density at radius 1 is 0.839 bits per heavy atom. The second kappa shape index (κ2) is 10.7. The van der Waals surface area contributed by atoms with E-state index >= 15 is 0 Å². The number of hydrogen-bond donors (Lipinski definition) is 1. The van der Waals surface area contributed by atoms with Gasteiger partial charge in [0.1, 0.15) is 23.0 Å². The zero-order valence-corrected chi connectivity index (χ0v) is 19.0. The van der Waals surface area contributed by atoms with Crippen LogP contribution in [0.25, 0.3) is 0 Å². The molecule has 0 bridgehead atoms. The molecule has 0 aliphatic carbocycles. The summed E-state index contributed by atoms with van der Waals surface area (Å²) < 4.78 is 21.7. The average molecular weight is 429 g/mol. The Kier molecular flexibility index (Phi) is 7.70. The first kappa shape index (κ1) is 22.4. The lowest BCUT2D eigenvalue weighted by Crippen LogP contribution is -2.52. The minimum Gasteiger partial charge on any atom is -0.497 e. The van der Waals surface area contributed by atoms with Gasteiger partial charge in [-0.15, -0.1) is 0 Å². The van der Waals surface area contributed by atoms with E-state index in [1.165, 1.54) is 5.69 Å². The molecule has 2 aromatic carbocycles. The number of aliphatic imine (C=N–C) groups is 1. The molecule has 0 amide bonds. The van der Waals surface area contributed by atoms with Crippen molar-refractivity contribution in [3.8, 4) is 23.0 Å². The lowest BCUT2D eigenvalue weighted by Gasteiger charge is -2.37. The van der Waals surface area contributed by atoms with Gasteiger partial charge in [-0.1, -0.05) is 0 Å². The maximum absolute atomic E-state index is 5.55. The van der Waals surface area contributed by atoms with Gasteiger partial charge in [-0.3, -0.25) is 4.99 Å². The van der Waals surface area contributed by atoms with Crippen LogP contribution in [0.15, 0.2) is 41.4 Å². The number of anilines is 1. The Balaban J connectivity index is 1.63. The van der Waals surface area contributed by atoms with E-state index in [9.17, 15) is 0 Å². The molecular formula is C23H32N4O4. The largest absolute Gasteiger partial charge is 0.497 e. The highest BCUT2D eigenvalue weighted by Crippen LogP contribution is 2.34. The molecule has 31 heavy (non-hydrogen) atoms. The number of nitrogens with zero attached hydrogens (tertiary/aromatic N) is 3. The molecule has 2 aromatic rings. The molecule has 0 radical (unpaired) electrons. The quantitative estimate of drug-likeness (QED) is 0.537. The van der Waals surface area contributed by atoms with Gasteiger partial charge in [0.25, 0.3) is 0 Å². The zero-order valence-electron chi connectivity index (χ0n) is 19.0. The third-order valence-corrected chi connectivity index (χ3v) is 5.47. The predicted octanol–water partition coefficient (Wildman–Crippen LogP) is 2.62. The highest BCUT2D eigenvalue weighted by molar-refractivity contribution is 5.80. The van der Waals surface area contributed by atoms with Crippen LogP contribution in [0.3, 0.4) is 0 Å². The molecule has 168 valence electrons. The number of hydrogen-bond acceptors (Lipinski definition) is 6. The maximum Gasteiger partial charge on any atom is 0.194 e. The van der Waals surface area contributed by atoms with Crippen LogP contribution >= 0.6 is 0 Å². The van der Waals surface area contributed by atoms with Crippen LogP contribution in [0.1, 0.15) is 5.56 Å². The van der Waals surface area contributed by atoms with Gasteiger partial charge in [-0.25, -0.2) is 0 Å². The second-order valence-electron chi connectivity index (χ2n) is 7.08. The molecule has 8 nitrogen and oxygen atoms in total. The first-order valence-corrected chi connectivity index (χ1v) is 10.3. The van der Waals surface area contributed by atoms with Gasteiger partial charge in [-0.2, -0.15) is 0 Å². The summed E-state index contributed by atoms with van der Waals surface area (Å²) in [5.41, 5.74) is 2.12. The topological polar surface area (TPSA) is 67.8 Å². The maximum atomic E-state index is 5.55. The summed E-state index contributed by atoms with van der Waals surface area (Å²) in [5, 5.41) is 3.45. The van der Waals surface area contributed by atoms with Crippen molar-refractivity contribution in [2.75, 3.05) is 66.6 Å². The van der Waals surface area contributed by atoms with Gasteiger partial charge < -0.3 is 34.1 Å². The Hall–Kier alpha value is -3.29. The van der Waals surface area contributed by atoms with Crippen molar-refractivity contribution in [1.82, 2.24) is 10.2 Å². The molecule has 1 heterocycles. The van der Waals surface area contributed by atoms with Gasteiger partial charge in [0.15, 0.2) is 5.96 Å². The SMILES string of the molecule is CN=C(NCc1c(OC)cc(OC)cc1OC)N1CCN(c2ccc(OC)cc2)CC1. The van der Waals surface area contributed by atoms with Crippen molar-refractivity contribution >= 4 is 11.6 Å². The van der Waals surface area contributed by atoms with Gasteiger partial charge in [0.05, 0.1) is 40.5 Å². The first-order chi connectivity index (χ1) is 15.1. The molecular weight excluding hydrogens is 396 g/mol. The monoisotopic (exact) mass is 428 g/mol. The van der Waals surface area contributed by atoms with Crippen molar-refractivity contribution in [3.05, 3.63) is 42.0 Å². The van der Waals surface area contributed by atoms with E-state index in [1.807, 2.05) is 24.3 Å². The summed E-state index contributed by atoms with van der Waals surface area (Å²) in [6, 6.07) is 11.9. The van der Waals surface area contributed by atoms with Gasteiger partial charge in [0, 0.05) is 51.0 Å². The van der Waals surface area contributed by atoms with Crippen molar-refractivity contribution in [2.24, 2.45) is 4.99 Å². The summed E-state index contributed by atoms with van der Waals surface area (Å²) >= 11 is 0. The van der Waals surface area contributed by atoms with E-state index in [0.29, 0.717) is 23.8 Å². The molecule has 1 aliphatic heterocycles. The summed E-state index contributed by atoms with van der Waals surface area (Å²) in [7, 11) is 8.40. The summed E-state index contributed by atoms with van der Waals surface area (Å²) in [6.45, 7) is 4.12. The van der Waals surface area contributed by atoms with Crippen LogP contribution in [0.2, 0.25) is 0 Å². The van der Waals surface area contributed by atoms with Crippen LogP contribution in [-0.2, 0) is 6.54 Å². The number of guanidine groups is 1. The molecule has 0 atom stereocenters. The first-order valence-electron chi connectivity index (χ1n) is 10.3. The van der Waals surface area contributed by atoms with Crippen molar-refractivity contribution in [1.29, 1.82) is 0 Å². The Labute approximate surface area is 184 Å². The molecule has 1 N–H and O–H groups in total. The minimum absolute atomic E-state index is 0.529. The van der Waals surface area contributed by atoms with E-state index in [-0.39, 0.29) is 0 Å². The molecule has 1 fully saturated rings. The van der Waals surface area contributed by atoms with Crippen LogP contribution in [0.4, 0.5) is 5.69 Å². The lowest BCUT2D eigenvalue weighted by atomic mass is 10.1. The van der Waals surface area contributed by atoms with Crippen LogP contribution in [0, 0.1) is 0 Å². The van der Waals surface area contributed by atoms with E-state index in [1.54, 1.807) is 35.5 Å². The standard InChI is InChI=1S/C23H32N4O4/c1-24-23(25-16-20-21(30-4)14-19(29-3)15-22(20)31-5)27-12-10-26(11-13-27)17-6-8-18(28-2)9-7-17/h6-9,14-15H,10-13,16H2,1-5H3,(H,24,25). The minimum atomic E-state index is 0.529. The van der Waals surface area contributed by atoms with Gasteiger partial charge in [-0.05, 0) is 24.3 Å². The summed E-state index contributed by atoms with van der Waals surface area (Å²) in [4.78, 5) is 9.12. The zero-order chi connectivity index (χ0) is 22.2. The Morgan fingerprint density at radius 2 is 1.42 bits per heavy atom. The van der Waals surface area contributed by atoms with E-state index < -0.39 is 0 Å². The van der Waals surface area contributed by atoms with Crippen molar-refractivity contribution in [2.45, 2.75) is 6.54 Å². The third kappa shape index (κ3) is 5.25. The molecule has 1 saturated heterocycles. The molecule has 8 heteroatoms. The van der Waals surface area contributed by atoms with E-state index in [0.717, 1.165) is 43.5 Å². The van der Waals surface area contributed by atoms with E-state index in [4.69, 9.17) is 18.9 Å². The van der Waals surface area contributed by atoms with Crippen molar-refractivity contribution < 1.29 is 18.9 Å². The number of piperazine rings is 1. The Morgan fingerprint density at radius 3 is 1.90 bits per heavy atom. The highest BCUT2D eigenvalue weighted by Gasteiger charge is 2.21. The summed E-state index contributed by atoms with van der Waals surface area (Å²) in [6.07, 6.45) is 0. The van der Waals surface area contributed by atoms with Crippen molar-refractivity contribution in [3.63, 3.8) is 0 Å². The van der Waals surface area contributed by atoms with Gasteiger partial charge >= 0.3 is 0 Å². The molecule has 0 spiro atoms. The average Bonchev–Trinajstić information content (AvgIpc) is 2.84.